The van der Waals surface area contributed by atoms with E-state index in [0.29, 0.717) is 5.41 Å². The summed E-state index contributed by atoms with van der Waals surface area (Å²) in [4.78, 5) is 2.46. The number of nitrogens with one attached hydrogen (secondary N) is 1. The highest BCUT2D eigenvalue weighted by Crippen LogP contribution is 2.38. The minimum Gasteiger partial charge on any atom is -0.314 e. The zero-order chi connectivity index (χ0) is 13.2. The van der Waals surface area contributed by atoms with Crippen LogP contribution in [0.25, 0.3) is 0 Å². The van der Waals surface area contributed by atoms with Crippen LogP contribution < -0.4 is 5.32 Å². The molecule has 18 heavy (non-hydrogen) atoms. The first-order valence-corrected chi connectivity index (χ1v) is 7.86. The maximum Gasteiger partial charge on any atom is 0.00748 e. The fraction of sp³-hybridized carbons (Fsp3) is 1.00. The van der Waals surface area contributed by atoms with Crippen molar-refractivity contribution >= 4 is 0 Å². The summed E-state index contributed by atoms with van der Waals surface area (Å²) in [5.41, 5.74) is 0.544. The summed E-state index contributed by atoms with van der Waals surface area (Å²) in [7, 11) is 2.25. The van der Waals surface area contributed by atoms with Gasteiger partial charge in [0.25, 0.3) is 0 Å². The average Bonchev–Trinajstić information content (AvgIpc) is 2.25. The van der Waals surface area contributed by atoms with Crippen LogP contribution in [0.2, 0.25) is 0 Å². The van der Waals surface area contributed by atoms with E-state index >= 15 is 0 Å². The molecule has 2 unspecified atom stereocenters. The first kappa shape index (κ1) is 14.3. The van der Waals surface area contributed by atoms with Crippen molar-refractivity contribution in [1.29, 1.82) is 0 Å². The summed E-state index contributed by atoms with van der Waals surface area (Å²) in [5.74, 6) is 1.81. The third-order valence-electron chi connectivity index (χ3n) is 4.92. The minimum absolute atomic E-state index is 0.544. The molecule has 1 aliphatic carbocycles. The van der Waals surface area contributed by atoms with Crippen LogP contribution >= 0.6 is 0 Å². The number of piperidine rings is 1. The van der Waals surface area contributed by atoms with Gasteiger partial charge in [-0.2, -0.15) is 0 Å². The first-order valence-electron chi connectivity index (χ1n) is 7.86. The molecule has 0 amide bonds. The van der Waals surface area contributed by atoms with Crippen molar-refractivity contribution in [2.75, 3.05) is 26.7 Å². The Balaban J connectivity index is 1.73. The van der Waals surface area contributed by atoms with Crippen LogP contribution in [-0.4, -0.2) is 37.6 Å². The van der Waals surface area contributed by atoms with E-state index in [-0.39, 0.29) is 0 Å². The average molecular weight is 252 g/mol. The van der Waals surface area contributed by atoms with Gasteiger partial charge in [0, 0.05) is 6.04 Å². The predicted octanol–water partition coefficient (Wildman–Crippen LogP) is 3.13. The fourth-order valence-corrected chi connectivity index (χ4v) is 4.10. The van der Waals surface area contributed by atoms with Crippen LogP contribution in [0, 0.1) is 17.3 Å². The lowest BCUT2D eigenvalue weighted by atomic mass is 9.70. The number of hydrogen-bond donors (Lipinski definition) is 1. The maximum atomic E-state index is 3.87. The Hall–Kier alpha value is -0.0800. The molecule has 0 spiro atoms. The van der Waals surface area contributed by atoms with E-state index in [1.165, 1.54) is 51.7 Å². The highest BCUT2D eigenvalue weighted by molar-refractivity contribution is 4.87. The second-order valence-corrected chi connectivity index (χ2v) is 7.77. The molecule has 0 aromatic heterocycles. The number of likely N-dealkylation sites (tertiary alicyclic amines) is 1. The molecular weight excluding hydrogens is 220 g/mol. The molecule has 2 rings (SSSR count). The normalized spacial score (nSPS) is 34.7. The Morgan fingerprint density at radius 2 is 1.83 bits per heavy atom. The van der Waals surface area contributed by atoms with E-state index in [4.69, 9.17) is 0 Å². The molecule has 0 radical (unpaired) electrons. The largest absolute Gasteiger partial charge is 0.314 e. The molecular formula is C16H32N2. The first-order chi connectivity index (χ1) is 8.44. The van der Waals surface area contributed by atoms with Crippen LogP contribution in [0.4, 0.5) is 0 Å². The monoisotopic (exact) mass is 252 g/mol. The van der Waals surface area contributed by atoms with Crippen molar-refractivity contribution in [3.05, 3.63) is 0 Å². The molecule has 2 aliphatic rings. The van der Waals surface area contributed by atoms with Gasteiger partial charge in [0.1, 0.15) is 0 Å². The van der Waals surface area contributed by atoms with E-state index in [1.54, 1.807) is 0 Å². The fourth-order valence-electron chi connectivity index (χ4n) is 4.10. The summed E-state index contributed by atoms with van der Waals surface area (Å²) >= 11 is 0. The van der Waals surface area contributed by atoms with Gasteiger partial charge in [-0.3, -0.25) is 0 Å². The topological polar surface area (TPSA) is 15.3 Å². The molecule has 2 heteroatoms. The van der Waals surface area contributed by atoms with Crippen LogP contribution in [0.15, 0.2) is 0 Å². The molecule has 2 atom stereocenters. The van der Waals surface area contributed by atoms with Crippen LogP contribution in [0.1, 0.15) is 52.9 Å². The SMILES string of the molecule is CC1CC(NCC2CCN(C)CC2)CC(C)(C)C1. The number of hydrogen-bond acceptors (Lipinski definition) is 2. The van der Waals surface area contributed by atoms with E-state index < -0.39 is 0 Å². The summed E-state index contributed by atoms with van der Waals surface area (Å²) in [6.07, 6.45) is 6.92. The second kappa shape index (κ2) is 5.92. The lowest BCUT2D eigenvalue weighted by Crippen LogP contribution is -2.43. The Bertz CT molecular complexity index is 254. The molecule has 2 fully saturated rings. The second-order valence-electron chi connectivity index (χ2n) is 7.77. The van der Waals surface area contributed by atoms with Crippen LogP contribution in [0.3, 0.4) is 0 Å². The maximum absolute atomic E-state index is 3.87. The molecule has 2 nitrogen and oxygen atoms in total. The van der Waals surface area contributed by atoms with Gasteiger partial charge < -0.3 is 10.2 Å². The molecule has 1 heterocycles. The van der Waals surface area contributed by atoms with E-state index in [1.807, 2.05) is 0 Å². The van der Waals surface area contributed by atoms with Gasteiger partial charge in [-0.25, -0.2) is 0 Å². The Morgan fingerprint density at radius 1 is 1.17 bits per heavy atom. The van der Waals surface area contributed by atoms with Crippen LogP contribution in [-0.2, 0) is 0 Å². The van der Waals surface area contributed by atoms with E-state index in [9.17, 15) is 0 Å². The van der Waals surface area contributed by atoms with Gasteiger partial charge in [-0.15, -0.1) is 0 Å². The van der Waals surface area contributed by atoms with Crippen molar-refractivity contribution in [1.82, 2.24) is 10.2 Å². The Morgan fingerprint density at radius 3 is 2.44 bits per heavy atom. The summed E-state index contributed by atoms with van der Waals surface area (Å²) < 4.78 is 0. The zero-order valence-electron chi connectivity index (χ0n) is 12.8. The third kappa shape index (κ3) is 4.24. The summed E-state index contributed by atoms with van der Waals surface area (Å²) in [5, 5.41) is 3.87. The molecule has 1 aliphatic heterocycles. The lowest BCUT2D eigenvalue weighted by molar-refractivity contribution is 0.142. The summed E-state index contributed by atoms with van der Waals surface area (Å²) in [6.45, 7) is 11.1. The zero-order valence-corrected chi connectivity index (χ0v) is 12.8. The van der Waals surface area contributed by atoms with E-state index in [2.05, 4.69) is 38.0 Å². The van der Waals surface area contributed by atoms with Gasteiger partial charge in [-0.1, -0.05) is 20.8 Å². The molecule has 1 saturated heterocycles. The van der Waals surface area contributed by atoms with Gasteiger partial charge in [-0.05, 0) is 76.0 Å². The van der Waals surface area contributed by atoms with Crippen molar-refractivity contribution in [3.8, 4) is 0 Å². The lowest BCUT2D eigenvalue weighted by Gasteiger charge is -2.40. The highest BCUT2D eigenvalue weighted by Gasteiger charge is 2.32. The molecule has 1 saturated carbocycles. The van der Waals surface area contributed by atoms with Crippen molar-refractivity contribution in [3.63, 3.8) is 0 Å². The summed E-state index contributed by atoms with van der Waals surface area (Å²) in [6, 6.07) is 0.767. The van der Waals surface area contributed by atoms with E-state index in [0.717, 1.165) is 17.9 Å². The van der Waals surface area contributed by atoms with Gasteiger partial charge in [0.15, 0.2) is 0 Å². The number of nitrogens with zero attached hydrogens (tertiary/aromatic N) is 1. The molecule has 106 valence electrons. The van der Waals surface area contributed by atoms with Crippen LogP contribution in [0.5, 0.6) is 0 Å². The Labute approximate surface area is 114 Å². The standard InChI is InChI=1S/C16H32N2/c1-13-9-15(11-16(2,3)10-13)17-12-14-5-7-18(4)8-6-14/h13-15,17H,5-12H2,1-4H3. The predicted molar refractivity (Wildman–Crippen MR) is 78.8 cm³/mol. The van der Waals surface area contributed by atoms with Crippen molar-refractivity contribution in [2.24, 2.45) is 17.3 Å². The highest BCUT2D eigenvalue weighted by atomic mass is 15.1. The quantitative estimate of drug-likeness (QED) is 0.830. The van der Waals surface area contributed by atoms with Gasteiger partial charge >= 0.3 is 0 Å². The smallest absolute Gasteiger partial charge is 0.00748 e. The van der Waals surface area contributed by atoms with Gasteiger partial charge in [0.2, 0.25) is 0 Å². The van der Waals surface area contributed by atoms with Crippen molar-refractivity contribution < 1.29 is 0 Å². The number of rotatable bonds is 3. The third-order valence-corrected chi connectivity index (χ3v) is 4.92. The van der Waals surface area contributed by atoms with Gasteiger partial charge in [0.05, 0.1) is 0 Å². The molecule has 0 aromatic carbocycles. The van der Waals surface area contributed by atoms with Crippen molar-refractivity contribution in [2.45, 2.75) is 58.9 Å². The molecule has 0 aromatic rings. The molecule has 0 bridgehead atoms. The Kier molecular flexibility index (Phi) is 4.71. The molecule has 1 N–H and O–H groups in total. The minimum atomic E-state index is 0.544.